The van der Waals surface area contributed by atoms with Gasteiger partial charge >= 0.3 is 0 Å². The van der Waals surface area contributed by atoms with E-state index in [2.05, 4.69) is 46.5 Å². The van der Waals surface area contributed by atoms with E-state index in [4.69, 9.17) is 4.74 Å². The van der Waals surface area contributed by atoms with E-state index in [1.54, 1.807) is 6.33 Å². The van der Waals surface area contributed by atoms with Crippen molar-refractivity contribution in [1.82, 2.24) is 14.8 Å². The molecule has 2 aromatic rings. The number of nitrogens with zero attached hydrogens (tertiary/aromatic N) is 3. The highest BCUT2D eigenvalue weighted by molar-refractivity contribution is 14.1. The van der Waals surface area contributed by atoms with Crippen LogP contribution in [0.2, 0.25) is 0 Å². The molecule has 4 nitrogen and oxygen atoms in total. The maximum absolute atomic E-state index is 5.69. The van der Waals surface area contributed by atoms with Crippen LogP contribution in [0.4, 0.5) is 0 Å². The zero-order chi connectivity index (χ0) is 12.3. The third kappa shape index (κ3) is 3.18. The number of ether oxygens (including phenoxy) is 1. The molecule has 1 aromatic heterocycles. The van der Waals surface area contributed by atoms with Crippen LogP contribution >= 0.6 is 22.6 Å². The van der Waals surface area contributed by atoms with Crippen molar-refractivity contribution in [3.8, 4) is 5.75 Å². The minimum Gasteiger partial charge on any atom is -0.486 e. The molecular formula is C12H14IN3O. The molecule has 0 fully saturated rings. The van der Waals surface area contributed by atoms with Crippen molar-refractivity contribution >= 4 is 22.6 Å². The lowest BCUT2D eigenvalue weighted by Gasteiger charge is -2.10. The fourth-order valence-corrected chi connectivity index (χ4v) is 2.03. The first kappa shape index (κ1) is 12.3. The van der Waals surface area contributed by atoms with E-state index < -0.39 is 0 Å². The Labute approximate surface area is 114 Å². The van der Waals surface area contributed by atoms with E-state index in [1.165, 1.54) is 0 Å². The largest absolute Gasteiger partial charge is 0.486 e. The quantitative estimate of drug-likeness (QED) is 0.801. The SMILES string of the molecule is CC(C)n1ncnc1COc1cccc(I)c1. The zero-order valence-corrected chi connectivity index (χ0v) is 12.0. The van der Waals surface area contributed by atoms with Crippen LogP contribution in [0.3, 0.4) is 0 Å². The van der Waals surface area contributed by atoms with Gasteiger partial charge in [0.1, 0.15) is 18.7 Å². The fourth-order valence-electron chi connectivity index (χ4n) is 1.51. The lowest BCUT2D eigenvalue weighted by atomic mass is 10.3. The summed E-state index contributed by atoms with van der Waals surface area (Å²) in [5.74, 6) is 1.70. The molecule has 0 bridgehead atoms. The Morgan fingerprint density at radius 1 is 1.41 bits per heavy atom. The average Bonchev–Trinajstić information content (AvgIpc) is 2.74. The molecule has 0 unspecified atom stereocenters. The van der Waals surface area contributed by atoms with E-state index >= 15 is 0 Å². The molecule has 1 heterocycles. The van der Waals surface area contributed by atoms with Gasteiger partial charge < -0.3 is 4.74 Å². The molecule has 90 valence electrons. The molecule has 0 saturated heterocycles. The Kier molecular flexibility index (Phi) is 3.98. The van der Waals surface area contributed by atoms with Crippen LogP contribution in [-0.4, -0.2) is 14.8 Å². The topological polar surface area (TPSA) is 39.9 Å². The second kappa shape index (κ2) is 5.48. The van der Waals surface area contributed by atoms with E-state index in [0.29, 0.717) is 12.6 Å². The monoisotopic (exact) mass is 343 g/mol. The van der Waals surface area contributed by atoms with Gasteiger partial charge in [-0.1, -0.05) is 6.07 Å². The molecule has 0 radical (unpaired) electrons. The van der Waals surface area contributed by atoms with Gasteiger partial charge in [0.2, 0.25) is 0 Å². The van der Waals surface area contributed by atoms with E-state index in [1.807, 2.05) is 28.9 Å². The second-order valence-electron chi connectivity index (χ2n) is 3.96. The van der Waals surface area contributed by atoms with Crippen molar-refractivity contribution in [2.75, 3.05) is 0 Å². The van der Waals surface area contributed by atoms with E-state index in [0.717, 1.165) is 15.1 Å². The summed E-state index contributed by atoms with van der Waals surface area (Å²) >= 11 is 2.26. The Morgan fingerprint density at radius 3 is 2.94 bits per heavy atom. The van der Waals surface area contributed by atoms with Crippen molar-refractivity contribution in [2.45, 2.75) is 26.5 Å². The molecule has 0 saturated carbocycles. The molecule has 5 heteroatoms. The molecule has 0 atom stereocenters. The third-order valence-electron chi connectivity index (χ3n) is 2.30. The summed E-state index contributed by atoms with van der Waals surface area (Å²) in [6.07, 6.45) is 1.56. The minimum absolute atomic E-state index is 0.298. The van der Waals surface area contributed by atoms with Gasteiger partial charge in [-0.2, -0.15) is 5.10 Å². The standard InChI is InChI=1S/C12H14IN3O/c1-9(2)16-12(14-8-15-16)7-17-11-5-3-4-10(13)6-11/h3-6,8-9H,7H2,1-2H3. The van der Waals surface area contributed by atoms with Gasteiger partial charge in [-0.05, 0) is 54.6 Å². The predicted molar refractivity (Wildman–Crippen MR) is 73.9 cm³/mol. The molecule has 0 aliphatic rings. The second-order valence-corrected chi connectivity index (χ2v) is 5.21. The van der Waals surface area contributed by atoms with E-state index in [-0.39, 0.29) is 0 Å². The predicted octanol–water partition coefficient (Wildman–Crippen LogP) is 3.04. The Morgan fingerprint density at radius 2 is 2.24 bits per heavy atom. The van der Waals surface area contributed by atoms with Gasteiger partial charge in [-0.25, -0.2) is 9.67 Å². The van der Waals surface area contributed by atoms with Crippen LogP contribution < -0.4 is 4.74 Å². The van der Waals surface area contributed by atoms with Gasteiger partial charge in [0.25, 0.3) is 0 Å². The first-order valence-corrected chi connectivity index (χ1v) is 6.51. The number of benzene rings is 1. The third-order valence-corrected chi connectivity index (χ3v) is 2.97. The molecule has 17 heavy (non-hydrogen) atoms. The van der Waals surface area contributed by atoms with Gasteiger partial charge in [0, 0.05) is 9.61 Å². The highest BCUT2D eigenvalue weighted by atomic mass is 127. The van der Waals surface area contributed by atoms with Crippen LogP contribution in [0.15, 0.2) is 30.6 Å². The van der Waals surface area contributed by atoms with Crippen LogP contribution in [-0.2, 0) is 6.61 Å². The molecule has 0 N–H and O–H groups in total. The Bertz CT molecular complexity index is 496. The highest BCUT2D eigenvalue weighted by Crippen LogP contribution is 2.16. The van der Waals surface area contributed by atoms with Crippen LogP contribution in [0, 0.1) is 3.57 Å². The lowest BCUT2D eigenvalue weighted by Crippen LogP contribution is -2.10. The lowest BCUT2D eigenvalue weighted by molar-refractivity contribution is 0.282. The van der Waals surface area contributed by atoms with Gasteiger partial charge in [-0.3, -0.25) is 0 Å². The number of rotatable bonds is 4. The smallest absolute Gasteiger partial charge is 0.165 e. The van der Waals surface area contributed by atoms with E-state index in [9.17, 15) is 0 Å². The average molecular weight is 343 g/mol. The number of aromatic nitrogens is 3. The Hall–Kier alpha value is -1.11. The summed E-state index contributed by atoms with van der Waals surface area (Å²) < 4.78 is 8.72. The minimum atomic E-state index is 0.298. The molecule has 0 aliphatic heterocycles. The number of halogens is 1. The Balaban J connectivity index is 2.05. The summed E-state index contributed by atoms with van der Waals surface area (Å²) in [5.41, 5.74) is 0. The molecule has 2 rings (SSSR count). The normalized spacial score (nSPS) is 10.8. The maximum Gasteiger partial charge on any atom is 0.165 e. The van der Waals surface area contributed by atoms with Crippen molar-refractivity contribution in [3.63, 3.8) is 0 Å². The molecule has 0 amide bonds. The van der Waals surface area contributed by atoms with Crippen LogP contribution in [0.25, 0.3) is 0 Å². The molecule has 1 aromatic carbocycles. The van der Waals surface area contributed by atoms with Crippen molar-refractivity contribution < 1.29 is 4.74 Å². The number of hydrogen-bond acceptors (Lipinski definition) is 3. The summed E-state index contributed by atoms with van der Waals surface area (Å²) in [4.78, 5) is 4.20. The zero-order valence-electron chi connectivity index (χ0n) is 9.80. The fraction of sp³-hybridized carbons (Fsp3) is 0.333. The van der Waals surface area contributed by atoms with Gasteiger partial charge in [-0.15, -0.1) is 0 Å². The van der Waals surface area contributed by atoms with Gasteiger partial charge in [0.05, 0.1) is 0 Å². The summed E-state index contributed by atoms with van der Waals surface area (Å²) in [6.45, 7) is 4.59. The van der Waals surface area contributed by atoms with Crippen LogP contribution in [0.5, 0.6) is 5.75 Å². The number of hydrogen-bond donors (Lipinski definition) is 0. The van der Waals surface area contributed by atoms with Crippen molar-refractivity contribution in [3.05, 3.63) is 40.0 Å². The van der Waals surface area contributed by atoms with Crippen molar-refractivity contribution in [1.29, 1.82) is 0 Å². The molecule has 0 spiro atoms. The van der Waals surface area contributed by atoms with Crippen LogP contribution in [0.1, 0.15) is 25.7 Å². The first-order chi connectivity index (χ1) is 8.16. The first-order valence-electron chi connectivity index (χ1n) is 5.43. The molecular weight excluding hydrogens is 329 g/mol. The summed E-state index contributed by atoms with van der Waals surface area (Å²) in [6, 6.07) is 8.25. The summed E-state index contributed by atoms with van der Waals surface area (Å²) in [7, 11) is 0. The maximum atomic E-state index is 5.69. The van der Waals surface area contributed by atoms with Crippen molar-refractivity contribution in [2.24, 2.45) is 0 Å². The summed E-state index contributed by atoms with van der Waals surface area (Å²) in [5, 5.41) is 4.17. The molecule has 0 aliphatic carbocycles. The highest BCUT2D eigenvalue weighted by Gasteiger charge is 2.07. The van der Waals surface area contributed by atoms with Gasteiger partial charge in [0.15, 0.2) is 5.82 Å².